The number of nitrogens with one attached hydrogen (secondary N) is 1. The molecule has 2 N–H and O–H groups in total. The van der Waals surface area contributed by atoms with E-state index in [9.17, 15) is 20.2 Å². The number of benzene rings is 1. The Morgan fingerprint density at radius 2 is 2.06 bits per heavy atom. The van der Waals surface area contributed by atoms with Crippen molar-refractivity contribution in [2.75, 3.05) is 12.0 Å². The Kier molecular flexibility index (Phi) is 4.27. The van der Waals surface area contributed by atoms with Crippen molar-refractivity contribution < 1.29 is 15.0 Å². The van der Waals surface area contributed by atoms with Gasteiger partial charge in [0.25, 0.3) is 5.69 Å². The molecule has 1 rings (SSSR count). The fourth-order valence-corrected chi connectivity index (χ4v) is 1.07. The minimum absolute atomic E-state index is 0.0124. The molecule has 0 spiro atoms. The first-order valence-electron chi connectivity index (χ1n) is 4.78. The maximum absolute atomic E-state index is 10.8. The normalized spacial score (nSPS) is 11.1. The van der Waals surface area contributed by atoms with E-state index in [0.29, 0.717) is 5.71 Å². The number of aliphatic hydroxyl groups excluding tert-OH is 1. The van der Waals surface area contributed by atoms with Crippen LogP contribution in [0.2, 0.25) is 0 Å². The van der Waals surface area contributed by atoms with Crippen molar-refractivity contribution in [3.63, 3.8) is 0 Å². The van der Waals surface area contributed by atoms with Gasteiger partial charge in [-0.1, -0.05) is 0 Å². The summed E-state index contributed by atoms with van der Waals surface area (Å²) in [6.07, 6.45) is 0. The molecule has 1 aromatic rings. The van der Waals surface area contributed by atoms with Gasteiger partial charge in [-0.25, -0.2) is 0 Å². The first-order chi connectivity index (χ1) is 8.45. The van der Waals surface area contributed by atoms with E-state index in [4.69, 9.17) is 5.11 Å². The molecule has 0 fully saturated rings. The molecule has 0 amide bonds. The molecule has 1 aromatic carbocycles. The molecule has 0 bridgehead atoms. The molecule has 0 aliphatic heterocycles. The number of hydrogen-bond donors (Lipinski definition) is 2. The lowest BCUT2D eigenvalue weighted by molar-refractivity contribution is -0.393. The molecule has 0 radical (unpaired) electrons. The van der Waals surface area contributed by atoms with E-state index in [0.717, 1.165) is 12.1 Å². The van der Waals surface area contributed by atoms with Crippen LogP contribution in [0.5, 0.6) is 0 Å². The zero-order chi connectivity index (χ0) is 13.7. The van der Waals surface area contributed by atoms with Crippen molar-refractivity contribution in [2.24, 2.45) is 5.10 Å². The molecule has 0 aliphatic carbocycles. The number of hydrazone groups is 1. The fraction of sp³-hybridized carbons (Fsp3) is 0.222. The summed E-state index contributed by atoms with van der Waals surface area (Å²) in [4.78, 5) is 19.8. The molecule has 0 aliphatic rings. The second kappa shape index (κ2) is 5.68. The van der Waals surface area contributed by atoms with E-state index in [1.165, 1.54) is 13.0 Å². The second-order valence-corrected chi connectivity index (χ2v) is 3.33. The average molecular weight is 254 g/mol. The smallest absolute Gasteiger partial charge is 0.301 e. The number of anilines is 1. The highest BCUT2D eigenvalue weighted by molar-refractivity contribution is 5.84. The van der Waals surface area contributed by atoms with Gasteiger partial charge in [-0.3, -0.25) is 25.7 Å². The number of nitro groups is 2. The van der Waals surface area contributed by atoms with Crippen molar-refractivity contribution in [2.45, 2.75) is 6.92 Å². The van der Waals surface area contributed by atoms with Crippen LogP contribution in [0, 0.1) is 20.2 Å². The van der Waals surface area contributed by atoms with Gasteiger partial charge in [0.05, 0.1) is 28.2 Å². The van der Waals surface area contributed by atoms with Crippen LogP contribution >= 0.6 is 0 Å². The molecule has 18 heavy (non-hydrogen) atoms. The van der Waals surface area contributed by atoms with Gasteiger partial charge in [0, 0.05) is 6.07 Å². The first-order valence-corrected chi connectivity index (χ1v) is 4.78. The lowest BCUT2D eigenvalue weighted by Gasteiger charge is -2.02. The Morgan fingerprint density at radius 1 is 1.39 bits per heavy atom. The summed E-state index contributed by atoms with van der Waals surface area (Å²) in [6, 6.07) is 3.15. The number of rotatable bonds is 5. The molecule has 0 aromatic heterocycles. The van der Waals surface area contributed by atoms with Crippen LogP contribution in [-0.2, 0) is 0 Å². The summed E-state index contributed by atoms with van der Waals surface area (Å²) < 4.78 is 0. The van der Waals surface area contributed by atoms with Crippen molar-refractivity contribution in [1.82, 2.24) is 0 Å². The van der Waals surface area contributed by atoms with Crippen LogP contribution in [0.3, 0.4) is 0 Å². The Balaban J connectivity index is 3.12. The summed E-state index contributed by atoms with van der Waals surface area (Å²) in [6.45, 7) is 1.22. The van der Waals surface area contributed by atoms with E-state index < -0.39 is 15.5 Å². The molecule has 0 saturated heterocycles. The van der Waals surface area contributed by atoms with Crippen molar-refractivity contribution in [3.05, 3.63) is 38.4 Å². The van der Waals surface area contributed by atoms with Crippen LogP contribution in [-0.4, -0.2) is 27.3 Å². The molecule has 0 atom stereocenters. The third-order valence-electron chi connectivity index (χ3n) is 1.98. The van der Waals surface area contributed by atoms with E-state index in [1.807, 2.05) is 0 Å². The predicted octanol–water partition coefficient (Wildman–Crippen LogP) is 1.28. The Morgan fingerprint density at radius 3 is 2.56 bits per heavy atom. The second-order valence-electron chi connectivity index (χ2n) is 3.33. The van der Waals surface area contributed by atoms with Gasteiger partial charge < -0.3 is 5.11 Å². The molecule has 0 saturated carbocycles. The van der Waals surface area contributed by atoms with Crippen molar-refractivity contribution >= 4 is 22.8 Å². The number of nitro benzene ring substituents is 2. The van der Waals surface area contributed by atoms with E-state index in [1.54, 1.807) is 0 Å². The topological polar surface area (TPSA) is 131 Å². The summed E-state index contributed by atoms with van der Waals surface area (Å²) in [5.41, 5.74) is 1.87. The molecule has 9 nitrogen and oxygen atoms in total. The summed E-state index contributed by atoms with van der Waals surface area (Å²) in [5, 5.41) is 33.6. The van der Waals surface area contributed by atoms with Crippen LogP contribution in [0.15, 0.2) is 23.3 Å². The van der Waals surface area contributed by atoms with Crippen molar-refractivity contribution in [3.8, 4) is 0 Å². The molecule has 0 heterocycles. The number of non-ortho nitro benzene ring substituents is 1. The minimum Gasteiger partial charge on any atom is -0.390 e. The van der Waals surface area contributed by atoms with Gasteiger partial charge in [-0.2, -0.15) is 5.10 Å². The zero-order valence-electron chi connectivity index (χ0n) is 9.36. The number of hydrogen-bond acceptors (Lipinski definition) is 7. The highest BCUT2D eigenvalue weighted by atomic mass is 16.6. The lowest BCUT2D eigenvalue weighted by Crippen LogP contribution is -2.04. The molecule has 0 unspecified atom stereocenters. The van der Waals surface area contributed by atoms with Crippen LogP contribution in [0.1, 0.15) is 6.92 Å². The van der Waals surface area contributed by atoms with Gasteiger partial charge in [0.15, 0.2) is 0 Å². The zero-order valence-corrected chi connectivity index (χ0v) is 9.36. The van der Waals surface area contributed by atoms with E-state index >= 15 is 0 Å². The quantitative estimate of drug-likeness (QED) is 0.462. The third-order valence-corrected chi connectivity index (χ3v) is 1.98. The third kappa shape index (κ3) is 3.22. The maximum Gasteiger partial charge on any atom is 0.301 e. The lowest BCUT2D eigenvalue weighted by atomic mass is 10.2. The SMILES string of the molecule is CC(CO)=NNc1ccc([N+](=O)[O-])cc1[N+](=O)[O-]. The first kappa shape index (κ1) is 13.5. The van der Waals surface area contributed by atoms with Crippen molar-refractivity contribution in [1.29, 1.82) is 0 Å². The minimum atomic E-state index is -0.751. The number of nitrogens with zero attached hydrogens (tertiary/aromatic N) is 3. The predicted molar refractivity (Wildman–Crippen MR) is 63.6 cm³/mol. The Bertz CT molecular complexity index is 514. The maximum atomic E-state index is 10.8. The van der Waals surface area contributed by atoms with Gasteiger partial charge in [0.2, 0.25) is 0 Å². The molecule has 9 heteroatoms. The van der Waals surface area contributed by atoms with Gasteiger partial charge >= 0.3 is 5.69 Å². The summed E-state index contributed by atoms with van der Waals surface area (Å²) in [7, 11) is 0. The molecular formula is C9H10N4O5. The Labute approximate surface area is 101 Å². The summed E-state index contributed by atoms with van der Waals surface area (Å²) in [5.74, 6) is 0. The average Bonchev–Trinajstić information content (AvgIpc) is 2.35. The summed E-state index contributed by atoms with van der Waals surface area (Å²) >= 11 is 0. The van der Waals surface area contributed by atoms with Crippen LogP contribution in [0.25, 0.3) is 0 Å². The largest absolute Gasteiger partial charge is 0.390 e. The molecular weight excluding hydrogens is 244 g/mol. The standard InChI is InChI=1S/C9H10N4O5/c1-6(5-14)10-11-8-3-2-7(12(15)16)4-9(8)13(17)18/h2-4,11,14H,5H2,1H3. The highest BCUT2D eigenvalue weighted by Gasteiger charge is 2.19. The number of aliphatic hydroxyl groups is 1. The van der Waals surface area contributed by atoms with E-state index in [2.05, 4.69) is 10.5 Å². The van der Waals surface area contributed by atoms with E-state index in [-0.39, 0.29) is 18.0 Å². The Hall–Kier alpha value is -2.55. The van der Waals surface area contributed by atoms with Gasteiger partial charge in [-0.15, -0.1) is 0 Å². The van der Waals surface area contributed by atoms with Gasteiger partial charge in [-0.05, 0) is 13.0 Å². The van der Waals surface area contributed by atoms with Crippen LogP contribution < -0.4 is 5.43 Å². The van der Waals surface area contributed by atoms with Gasteiger partial charge in [0.1, 0.15) is 5.69 Å². The molecule has 96 valence electrons. The monoisotopic (exact) mass is 254 g/mol. The fourth-order valence-electron chi connectivity index (χ4n) is 1.07. The van der Waals surface area contributed by atoms with Crippen LogP contribution in [0.4, 0.5) is 17.1 Å². The highest BCUT2D eigenvalue weighted by Crippen LogP contribution is 2.28.